The van der Waals surface area contributed by atoms with Crippen LogP contribution in [0.1, 0.15) is 6.92 Å². The van der Waals surface area contributed by atoms with Gasteiger partial charge in [0.15, 0.2) is 6.10 Å². The summed E-state index contributed by atoms with van der Waals surface area (Å²) in [5.74, 6) is 1.19. The fourth-order valence-corrected chi connectivity index (χ4v) is 2.06. The van der Waals surface area contributed by atoms with Crippen molar-refractivity contribution in [3.63, 3.8) is 0 Å². The van der Waals surface area contributed by atoms with Crippen molar-refractivity contribution in [2.24, 2.45) is 5.92 Å². The molecule has 2 rings (SSSR count). The maximum absolute atomic E-state index is 11.8. The van der Waals surface area contributed by atoms with Crippen LogP contribution in [0.2, 0.25) is 0 Å². The number of rotatable bonds is 5. The molecule has 0 saturated carbocycles. The first-order valence-electron chi connectivity index (χ1n) is 6.06. The number of amides is 1. The molecule has 0 spiro atoms. The zero-order valence-corrected chi connectivity index (χ0v) is 13.1. The van der Waals surface area contributed by atoms with Crippen LogP contribution in [-0.4, -0.2) is 31.6 Å². The van der Waals surface area contributed by atoms with Gasteiger partial charge in [-0.15, -0.1) is 12.4 Å². The highest BCUT2D eigenvalue weighted by atomic mass is 79.9. The Morgan fingerprint density at radius 2 is 2.32 bits per heavy atom. The van der Waals surface area contributed by atoms with Crippen LogP contribution in [0.5, 0.6) is 5.75 Å². The van der Waals surface area contributed by atoms with Gasteiger partial charge < -0.3 is 15.4 Å². The Kier molecular flexibility index (Phi) is 6.62. The van der Waals surface area contributed by atoms with E-state index in [0.29, 0.717) is 11.7 Å². The number of nitrogens with one attached hydrogen (secondary N) is 2. The summed E-state index contributed by atoms with van der Waals surface area (Å²) < 4.78 is 6.52. The summed E-state index contributed by atoms with van der Waals surface area (Å²) in [4.78, 5) is 11.8. The van der Waals surface area contributed by atoms with Crippen LogP contribution in [0.3, 0.4) is 0 Å². The zero-order valence-electron chi connectivity index (χ0n) is 10.7. The number of carbonyl (C=O) groups is 1. The summed E-state index contributed by atoms with van der Waals surface area (Å²) in [6.07, 6.45) is -0.479. The van der Waals surface area contributed by atoms with Crippen molar-refractivity contribution >= 4 is 34.2 Å². The summed E-state index contributed by atoms with van der Waals surface area (Å²) in [5, 5.41) is 6.08. The minimum Gasteiger partial charge on any atom is -0.481 e. The first-order chi connectivity index (χ1) is 8.65. The molecule has 1 aromatic carbocycles. The molecule has 1 aliphatic heterocycles. The van der Waals surface area contributed by atoms with Crippen LogP contribution >= 0.6 is 28.3 Å². The number of benzene rings is 1. The second kappa shape index (κ2) is 7.72. The van der Waals surface area contributed by atoms with Gasteiger partial charge in [-0.3, -0.25) is 4.79 Å². The van der Waals surface area contributed by atoms with E-state index in [4.69, 9.17) is 4.74 Å². The van der Waals surface area contributed by atoms with E-state index >= 15 is 0 Å². The Hall–Kier alpha value is -0.780. The Balaban J connectivity index is 0.00000180. The van der Waals surface area contributed by atoms with Gasteiger partial charge in [-0.1, -0.05) is 22.0 Å². The topological polar surface area (TPSA) is 50.4 Å². The van der Waals surface area contributed by atoms with Crippen molar-refractivity contribution in [3.8, 4) is 5.75 Å². The first-order valence-corrected chi connectivity index (χ1v) is 6.85. The third-order valence-corrected chi connectivity index (χ3v) is 3.40. The summed E-state index contributed by atoms with van der Waals surface area (Å²) in [5.41, 5.74) is 0. The lowest BCUT2D eigenvalue weighted by Crippen LogP contribution is -2.49. The number of hydrogen-bond acceptors (Lipinski definition) is 3. The molecule has 1 fully saturated rings. The van der Waals surface area contributed by atoms with Gasteiger partial charge >= 0.3 is 0 Å². The van der Waals surface area contributed by atoms with Crippen molar-refractivity contribution in [1.82, 2.24) is 10.6 Å². The van der Waals surface area contributed by atoms with E-state index in [0.717, 1.165) is 24.1 Å². The average Bonchev–Trinajstić information content (AvgIpc) is 2.26. The van der Waals surface area contributed by atoms with Crippen LogP contribution in [0.4, 0.5) is 0 Å². The molecule has 19 heavy (non-hydrogen) atoms. The third-order valence-electron chi connectivity index (χ3n) is 2.91. The highest BCUT2D eigenvalue weighted by Crippen LogP contribution is 2.18. The van der Waals surface area contributed by atoms with Crippen LogP contribution in [-0.2, 0) is 4.79 Å². The molecule has 106 valence electrons. The monoisotopic (exact) mass is 348 g/mol. The second-order valence-corrected chi connectivity index (χ2v) is 5.40. The minimum absolute atomic E-state index is 0. The average molecular weight is 350 g/mol. The van der Waals surface area contributed by atoms with Crippen molar-refractivity contribution < 1.29 is 9.53 Å². The number of hydrogen-bond donors (Lipinski definition) is 2. The van der Waals surface area contributed by atoms with Crippen LogP contribution in [0.25, 0.3) is 0 Å². The molecule has 1 aromatic rings. The number of carbonyl (C=O) groups excluding carboxylic acids is 1. The Labute approximate surface area is 127 Å². The van der Waals surface area contributed by atoms with Gasteiger partial charge in [0, 0.05) is 30.0 Å². The van der Waals surface area contributed by atoms with Crippen molar-refractivity contribution in [2.75, 3.05) is 19.6 Å². The molecule has 1 atom stereocenters. The Bertz CT molecular complexity index is 427. The summed E-state index contributed by atoms with van der Waals surface area (Å²) in [6.45, 7) is 4.45. The maximum Gasteiger partial charge on any atom is 0.260 e. The molecular weight excluding hydrogens is 332 g/mol. The Morgan fingerprint density at radius 3 is 2.89 bits per heavy atom. The van der Waals surface area contributed by atoms with E-state index in [9.17, 15) is 4.79 Å². The van der Waals surface area contributed by atoms with Gasteiger partial charge in [-0.05, 0) is 25.1 Å². The quantitative estimate of drug-likeness (QED) is 0.854. The zero-order chi connectivity index (χ0) is 13.0. The molecule has 0 radical (unpaired) electrons. The predicted molar refractivity (Wildman–Crippen MR) is 80.8 cm³/mol. The molecule has 2 N–H and O–H groups in total. The third kappa shape index (κ3) is 5.01. The molecule has 1 heterocycles. The van der Waals surface area contributed by atoms with Gasteiger partial charge in [0.05, 0.1) is 0 Å². The van der Waals surface area contributed by atoms with E-state index in [-0.39, 0.29) is 18.3 Å². The lowest BCUT2D eigenvalue weighted by molar-refractivity contribution is -0.127. The SMILES string of the molecule is CC(Oc1cccc(Br)c1)C(=O)NCC1CNC1.Cl. The molecule has 6 heteroatoms. The first kappa shape index (κ1) is 16.3. The van der Waals surface area contributed by atoms with E-state index in [1.165, 1.54) is 0 Å². The number of halogens is 2. The fourth-order valence-electron chi connectivity index (χ4n) is 1.68. The lowest BCUT2D eigenvalue weighted by atomic mass is 10.0. The standard InChI is InChI=1S/C13H17BrN2O2.ClH/c1-9(13(17)16-8-10-6-15-7-10)18-12-4-2-3-11(14)5-12;/h2-5,9-10,15H,6-8H2,1H3,(H,16,17);1H. The predicted octanol–water partition coefficient (Wildman–Crippen LogP) is 1.97. The van der Waals surface area contributed by atoms with E-state index in [1.807, 2.05) is 24.3 Å². The number of ether oxygens (including phenoxy) is 1. The second-order valence-electron chi connectivity index (χ2n) is 4.49. The largest absolute Gasteiger partial charge is 0.481 e. The highest BCUT2D eigenvalue weighted by Gasteiger charge is 2.20. The molecule has 0 aliphatic carbocycles. The highest BCUT2D eigenvalue weighted by molar-refractivity contribution is 9.10. The summed E-state index contributed by atoms with van der Waals surface area (Å²) in [7, 11) is 0. The van der Waals surface area contributed by atoms with Crippen molar-refractivity contribution in [2.45, 2.75) is 13.0 Å². The summed E-state index contributed by atoms with van der Waals surface area (Å²) >= 11 is 3.37. The minimum atomic E-state index is -0.479. The molecule has 4 nitrogen and oxygen atoms in total. The Morgan fingerprint density at radius 1 is 1.58 bits per heavy atom. The molecule has 0 bridgehead atoms. The molecule has 1 unspecified atom stereocenters. The molecule has 0 aromatic heterocycles. The van der Waals surface area contributed by atoms with Crippen LogP contribution in [0.15, 0.2) is 28.7 Å². The smallest absolute Gasteiger partial charge is 0.260 e. The molecule has 1 amide bonds. The summed E-state index contributed by atoms with van der Waals surface area (Å²) in [6, 6.07) is 7.48. The van der Waals surface area contributed by atoms with E-state index < -0.39 is 6.10 Å². The van der Waals surface area contributed by atoms with Gasteiger partial charge in [0.2, 0.25) is 0 Å². The van der Waals surface area contributed by atoms with Crippen LogP contribution in [0, 0.1) is 5.92 Å². The van der Waals surface area contributed by atoms with Gasteiger partial charge in [-0.2, -0.15) is 0 Å². The normalized spacial score (nSPS) is 15.9. The molecule has 1 saturated heterocycles. The van der Waals surface area contributed by atoms with Crippen molar-refractivity contribution in [3.05, 3.63) is 28.7 Å². The van der Waals surface area contributed by atoms with Gasteiger partial charge in [0.25, 0.3) is 5.91 Å². The van der Waals surface area contributed by atoms with E-state index in [2.05, 4.69) is 26.6 Å². The van der Waals surface area contributed by atoms with Gasteiger partial charge in [0.1, 0.15) is 5.75 Å². The van der Waals surface area contributed by atoms with Crippen LogP contribution < -0.4 is 15.4 Å². The maximum atomic E-state index is 11.8. The van der Waals surface area contributed by atoms with E-state index in [1.54, 1.807) is 6.92 Å². The fraction of sp³-hybridized carbons (Fsp3) is 0.462. The van der Waals surface area contributed by atoms with Crippen molar-refractivity contribution in [1.29, 1.82) is 0 Å². The molecular formula is C13H18BrClN2O2. The van der Waals surface area contributed by atoms with Gasteiger partial charge in [-0.25, -0.2) is 0 Å². The lowest BCUT2D eigenvalue weighted by Gasteiger charge is -2.27. The molecule has 1 aliphatic rings.